The predicted molar refractivity (Wildman–Crippen MR) is 128 cm³/mol. The summed E-state index contributed by atoms with van der Waals surface area (Å²) in [4.78, 5) is 3.45. The van der Waals surface area contributed by atoms with E-state index < -0.39 is 6.10 Å². The van der Waals surface area contributed by atoms with Crippen molar-refractivity contribution < 1.29 is 5.11 Å². The number of rotatable bonds is 7. The zero-order chi connectivity index (χ0) is 21.0. The fraction of sp³-hybridized carbons (Fsp3) is 0.520. The second-order valence-electron chi connectivity index (χ2n) is 8.52. The third kappa shape index (κ3) is 4.44. The minimum Gasteiger partial charge on any atom is -0.392 e. The Morgan fingerprint density at radius 3 is 2.62 bits per heavy atom. The van der Waals surface area contributed by atoms with Crippen molar-refractivity contribution in [2.45, 2.75) is 56.4 Å². The van der Waals surface area contributed by atoms with E-state index in [1.54, 1.807) is 0 Å². The molecule has 0 bridgehead atoms. The first-order chi connectivity index (χ1) is 14.0. The van der Waals surface area contributed by atoms with Crippen molar-refractivity contribution in [2.75, 3.05) is 37.1 Å². The normalized spacial score (nSPS) is 23.9. The first-order valence-corrected chi connectivity index (χ1v) is 11.8. The summed E-state index contributed by atoms with van der Waals surface area (Å²) in [5.74, 6) is 0.950. The molecule has 2 N–H and O–H groups in total. The van der Waals surface area contributed by atoms with E-state index in [0.717, 1.165) is 37.1 Å². The minimum atomic E-state index is -0.405. The number of unbranched alkanes of at least 4 members (excludes halogenated alkanes) is 1. The molecule has 0 aliphatic carbocycles. The number of fused-ring (bicyclic) bond motifs is 1. The topological polar surface area (TPSA) is 35.5 Å². The van der Waals surface area contributed by atoms with Gasteiger partial charge in [-0.3, -0.25) is 0 Å². The quantitative estimate of drug-likeness (QED) is 0.586. The molecule has 2 aromatic rings. The summed E-state index contributed by atoms with van der Waals surface area (Å²) in [6.07, 6.45) is 3.99. The molecule has 1 aliphatic rings. The van der Waals surface area contributed by atoms with Gasteiger partial charge in [-0.05, 0) is 54.3 Å². The first kappa shape index (κ1) is 22.0. The summed E-state index contributed by atoms with van der Waals surface area (Å²) in [7, 11) is 6.11. The van der Waals surface area contributed by atoms with Crippen LogP contribution in [0.1, 0.15) is 56.6 Å². The lowest BCUT2D eigenvalue weighted by atomic mass is 9.69. The summed E-state index contributed by atoms with van der Waals surface area (Å²) >= 11 is 1.93. The molecular formula is C25H36N2OS. The Kier molecular flexibility index (Phi) is 7.18. The molecule has 0 saturated heterocycles. The van der Waals surface area contributed by atoms with Gasteiger partial charge in [-0.15, -0.1) is 11.8 Å². The molecule has 0 amide bonds. The number of hydrogen-bond acceptors (Lipinski definition) is 4. The van der Waals surface area contributed by atoms with Crippen LogP contribution in [0.3, 0.4) is 0 Å². The lowest BCUT2D eigenvalue weighted by Gasteiger charge is -2.40. The second-order valence-corrected chi connectivity index (χ2v) is 9.54. The van der Waals surface area contributed by atoms with Crippen LogP contribution < -0.4 is 10.2 Å². The second kappa shape index (κ2) is 9.44. The van der Waals surface area contributed by atoms with Crippen LogP contribution in [0.2, 0.25) is 0 Å². The van der Waals surface area contributed by atoms with Crippen LogP contribution in [0.15, 0.2) is 47.4 Å². The number of nitrogens with one attached hydrogen (secondary N) is 1. The van der Waals surface area contributed by atoms with E-state index >= 15 is 0 Å². The van der Waals surface area contributed by atoms with Gasteiger partial charge in [0.2, 0.25) is 0 Å². The number of aliphatic hydroxyl groups excluding tert-OH is 1. The molecule has 0 radical (unpaired) electrons. The number of benzene rings is 2. The standard InChI is InChI=1S/C25H36N2OS/c1-6-8-14-25(7-2)17-29-22-13-12-20(27(4)5)16-21(22)23(24(25)28)18-10-9-11-19(15-18)26-3/h9-13,15-16,23-24,26,28H,6-8,14,17H2,1-5H3/t23-,24?,25-/m1/s1. The summed E-state index contributed by atoms with van der Waals surface area (Å²) < 4.78 is 0. The maximum Gasteiger partial charge on any atom is 0.0713 e. The number of hydrogen-bond donors (Lipinski definition) is 2. The van der Waals surface area contributed by atoms with Gasteiger partial charge < -0.3 is 15.3 Å². The number of aliphatic hydroxyl groups is 1. The summed E-state index contributed by atoms with van der Waals surface area (Å²) in [5.41, 5.74) is 4.65. The lowest BCUT2D eigenvalue weighted by molar-refractivity contribution is 0.0183. The fourth-order valence-electron chi connectivity index (χ4n) is 4.51. The zero-order valence-electron chi connectivity index (χ0n) is 18.5. The van der Waals surface area contributed by atoms with Gasteiger partial charge in [-0.25, -0.2) is 0 Å². The van der Waals surface area contributed by atoms with E-state index in [1.807, 2.05) is 18.8 Å². The highest BCUT2D eigenvalue weighted by molar-refractivity contribution is 7.99. The average Bonchev–Trinajstić information content (AvgIpc) is 2.86. The van der Waals surface area contributed by atoms with Gasteiger partial charge in [-0.1, -0.05) is 38.8 Å². The predicted octanol–water partition coefficient (Wildman–Crippen LogP) is 5.98. The number of anilines is 2. The van der Waals surface area contributed by atoms with Crippen molar-refractivity contribution in [1.82, 2.24) is 0 Å². The highest BCUT2D eigenvalue weighted by atomic mass is 32.2. The Hall–Kier alpha value is -1.65. The van der Waals surface area contributed by atoms with Crippen molar-refractivity contribution >= 4 is 23.1 Å². The van der Waals surface area contributed by atoms with E-state index in [4.69, 9.17) is 0 Å². The van der Waals surface area contributed by atoms with Crippen molar-refractivity contribution in [3.63, 3.8) is 0 Å². The Morgan fingerprint density at radius 2 is 1.97 bits per heavy atom. The van der Waals surface area contributed by atoms with Gasteiger partial charge in [0.05, 0.1) is 6.10 Å². The molecular weight excluding hydrogens is 376 g/mol. The largest absolute Gasteiger partial charge is 0.392 e. The van der Waals surface area contributed by atoms with Crippen molar-refractivity contribution in [3.8, 4) is 0 Å². The van der Waals surface area contributed by atoms with Crippen LogP contribution in [0.4, 0.5) is 11.4 Å². The molecule has 3 rings (SSSR count). The minimum absolute atomic E-state index is 0.0231. The van der Waals surface area contributed by atoms with Crippen LogP contribution in [-0.4, -0.2) is 38.1 Å². The molecule has 3 atom stereocenters. The van der Waals surface area contributed by atoms with Gasteiger partial charge in [0.15, 0.2) is 0 Å². The number of thioether (sulfide) groups is 1. The van der Waals surface area contributed by atoms with E-state index in [0.29, 0.717) is 0 Å². The highest BCUT2D eigenvalue weighted by Crippen LogP contribution is 2.51. The van der Waals surface area contributed by atoms with Crippen LogP contribution in [0.25, 0.3) is 0 Å². The zero-order valence-corrected chi connectivity index (χ0v) is 19.4. The van der Waals surface area contributed by atoms with Crippen LogP contribution in [0, 0.1) is 5.41 Å². The number of nitrogens with zero attached hydrogens (tertiary/aromatic N) is 1. The molecule has 2 aromatic carbocycles. The summed E-state index contributed by atoms with van der Waals surface area (Å²) in [6, 6.07) is 15.3. The molecule has 29 heavy (non-hydrogen) atoms. The Balaban J connectivity index is 2.18. The Labute approximate surface area is 180 Å². The molecule has 1 unspecified atom stereocenters. The van der Waals surface area contributed by atoms with Crippen LogP contribution in [-0.2, 0) is 0 Å². The van der Waals surface area contributed by atoms with Gasteiger partial charge in [0.1, 0.15) is 0 Å². The monoisotopic (exact) mass is 412 g/mol. The molecule has 158 valence electrons. The molecule has 0 aromatic heterocycles. The molecule has 1 aliphatic heterocycles. The van der Waals surface area contributed by atoms with Crippen molar-refractivity contribution in [1.29, 1.82) is 0 Å². The SMILES string of the molecule is CCCC[C@]1(CC)CSc2ccc(N(C)C)cc2[C@@H](c2cccc(NC)c2)C1O. The van der Waals surface area contributed by atoms with Gasteiger partial charge in [-0.2, -0.15) is 0 Å². The van der Waals surface area contributed by atoms with Crippen molar-refractivity contribution in [2.24, 2.45) is 5.41 Å². The molecule has 0 spiro atoms. The smallest absolute Gasteiger partial charge is 0.0713 e. The van der Waals surface area contributed by atoms with Crippen LogP contribution >= 0.6 is 11.8 Å². The highest BCUT2D eigenvalue weighted by Gasteiger charge is 2.44. The fourth-order valence-corrected chi connectivity index (χ4v) is 5.98. The van der Waals surface area contributed by atoms with E-state index in [-0.39, 0.29) is 11.3 Å². The van der Waals surface area contributed by atoms with E-state index in [1.165, 1.54) is 21.7 Å². The maximum absolute atomic E-state index is 11.9. The van der Waals surface area contributed by atoms with Gasteiger partial charge in [0.25, 0.3) is 0 Å². The molecule has 4 heteroatoms. The first-order valence-electron chi connectivity index (χ1n) is 10.9. The Bertz CT molecular complexity index is 822. The van der Waals surface area contributed by atoms with E-state index in [9.17, 15) is 5.11 Å². The summed E-state index contributed by atoms with van der Waals surface area (Å²) in [6.45, 7) is 4.49. The summed E-state index contributed by atoms with van der Waals surface area (Å²) in [5, 5.41) is 15.2. The third-order valence-electron chi connectivity index (χ3n) is 6.57. The third-order valence-corrected chi connectivity index (χ3v) is 7.97. The Morgan fingerprint density at radius 1 is 1.17 bits per heavy atom. The van der Waals surface area contributed by atoms with Crippen LogP contribution in [0.5, 0.6) is 0 Å². The molecule has 3 nitrogen and oxygen atoms in total. The molecule has 0 saturated carbocycles. The van der Waals surface area contributed by atoms with E-state index in [2.05, 4.69) is 80.6 Å². The maximum atomic E-state index is 11.9. The molecule has 1 heterocycles. The van der Waals surface area contributed by atoms with Gasteiger partial charge in [0, 0.05) is 54.5 Å². The lowest BCUT2D eigenvalue weighted by Crippen LogP contribution is -2.40. The van der Waals surface area contributed by atoms with Gasteiger partial charge >= 0.3 is 0 Å². The van der Waals surface area contributed by atoms with Crippen molar-refractivity contribution in [3.05, 3.63) is 53.6 Å². The molecule has 0 fully saturated rings. The average molecular weight is 413 g/mol.